The summed E-state index contributed by atoms with van der Waals surface area (Å²) in [7, 11) is 1.39. The number of carbonyl (C=O) groups is 1. The maximum Gasteiger partial charge on any atom is 0.322 e. The highest BCUT2D eigenvalue weighted by atomic mass is 32.1. The molecule has 1 unspecified atom stereocenters. The Balaban J connectivity index is 2.24. The minimum absolute atomic E-state index is 0.232. The van der Waals surface area contributed by atoms with Gasteiger partial charge in [-0.25, -0.2) is 4.98 Å². The van der Waals surface area contributed by atoms with Crippen molar-refractivity contribution >= 4 is 17.3 Å². The summed E-state index contributed by atoms with van der Waals surface area (Å²) in [6, 6.07) is -0.255. The Morgan fingerprint density at radius 2 is 2.47 bits per heavy atom. The summed E-state index contributed by atoms with van der Waals surface area (Å²) in [6.45, 7) is 4.51. The molecule has 0 aliphatic carbocycles. The highest BCUT2D eigenvalue weighted by Gasteiger charge is 2.11. The van der Waals surface area contributed by atoms with E-state index < -0.39 is 0 Å². The number of esters is 1. The van der Waals surface area contributed by atoms with Crippen LogP contribution in [0.25, 0.3) is 0 Å². The fraction of sp³-hybridized carbons (Fsp3) is 0.600. The maximum absolute atomic E-state index is 11.1. The van der Waals surface area contributed by atoms with Crippen LogP contribution in [0.3, 0.4) is 0 Å². The number of nitrogens with zero attached hydrogens (tertiary/aromatic N) is 1. The van der Waals surface area contributed by atoms with Crippen molar-refractivity contribution in [2.75, 3.05) is 13.7 Å². The number of nitrogens with one attached hydrogen (secondary N) is 1. The van der Waals surface area contributed by atoms with Gasteiger partial charge in [0.2, 0.25) is 0 Å². The lowest BCUT2D eigenvalue weighted by Gasteiger charge is -2.10. The molecular formula is C10H16N2O2S. The molecular weight excluding hydrogens is 212 g/mol. The van der Waals surface area contributed by atoms with Crippen LogP contribution in [-0.4, -0.2) is 30.6 Å². The van der Waals surface area contributed by atoms with Gasteiger partial charge in [0, 0.05) is 18.3 Å². The standard InChI is InChI=1S/C10H16N2O2S/c1-7(10(13)14-3)11-5-4-9-6-15-8(2)12-9/h6-7,11H,4-5H2,1-3H3. The quantitative estimate of drug-likeness (QED) is 0.768. The van der Waals surface area contributed by atoms with Crippen molar-refractivity contribution in [2.24, 2.45) is 0 Å². The molecule has 1 atom stereocenters. The van der Waals surface area contributed by atoms with Crippen LogP contribution in [0.15, 0.2) is 5.38 Å². The van der Waals surface area contributed by atoms with E-state index >= 15 is 0 Å². The van der Waals surface area contributed by atoms with Gasteiger partial charge in [0.15, 0.2) is 0 Å². The Morgan fingerprint density at radius 3 is 3.00 bits per heavy atom. The Kier molecular flexibility index (Phi) is 4.71. The Labute approximate surface area is 93.7 Å². The average molecular weight is 228 g/mol. The Hall–Kier alpha value is -0.940. The monoisotopic (exact) mass is 228 g/mol. The van der Waals surface area contributed by atoms with Gasteiger partial charge in [-0.2, -0.15) is 0 Å². The van der Waals surface area contributed by atoms with Crippen molar-refractivity contribution < 1.29 is 9.53 Å². The van der Waals surface area contributed by atoms with Crippen molar-refractivity contribution in [3.8, 4) is 0 Å². The number of methoxy groups -OCH3 is 1. The first kappa shape index (κ1) is 12.1. The number of ether oxygens (including phenoxy) is 1. The van der Waals surface area contributed by atoms with Crippen LogP contribution in [0, 0.1) is 6.92 Å². The van der Waals surface area contributed by atoms with E-state index in [9.17, 15) is 4.79 Å². The van der Waals surface area contributed by atoms with Crippen LogP contribution in [-0.2, 0) is 16.0 Å². The molecule has 0 radical (unpaired) electrons. The average Bonchev–Trinajstić information content (AvgIpc) is 2.63. The van der Waals surface area contributed by atoms with Crippen molar-refractivity contribution in [3.63, 3.8) is 0 Å². The highest BCUT2D eigenvalue weighted by Crippen LogP contribution is 2.07. The molecule has 1 aromatic rings. The van der Waals surface area contributed by atoms with Gasteiger partial charge in [-0.1, -0.05) is 0 Å². The summed E-state index contributed by atoms with van der Waals surface area (Å²) in [4.78, 5) is 15.4. The molecule has 0 saturated heterocycles. The summed E-state index contributed by atoms with van der Waals surface area (Å²) < 4.78 is 4.60. The first-order valence-electron chi connectivity index (χ1n) is 4.85. The number of aromatic nitrogens is 1. The van der Waals surface area contributed by atoms with E-state index in [1.165, 1.54) is 7.11 Å². The van der Waals surface area contributed by atoms with E-state index in [1.807, 2.05) is 12.3 Å². The molecule has 0 fully saturated rings. The fourth-order valence-corrected chi connectivity index (χ4v) is 1.85. The molecule has 1 rings (SSSR count). The second kappa shape index (κ2) is 5.82. The minimum Gasteiger partial charge on any atom is -0.468 e. The third-order valence-corrected chi connectivity index (χ3v) is 2.88. The van der Waals surface area contributed by atoms with E-state index in [1.54, 1.807) is 18.3 Å². The normalized spacial score (nSPS) is 12.5. The maximum atomic E-state index is 11.1. The van der Waals surface area contributed by atoms with Gasteiger partial charge in [-0.3, -0.25) is 4.79 Å². The minimum atomic E-state index is -0.255. The van der Waals surface area contributed by atoms with Crippen LogP contribution in [0.1, 0.15) is 17.6 Å². The number of carbonyl (C=O) groups excluding carboxylic acids is 1. The molecule has 0 aliphatic rings. The molecule has 15 heavy (non-hydrogen) atoms. The third kappa shape index (κ3) is 3.97. The smallest absolute Gasteiger partial charge is 0.322 e. The largest absolute Gasteiger partial charge is 0.468 e. The molecule has 0 aromatic carbocycles. The molecule has 1 heterocycles. The van der Waals surface area contributed by atoms with Crippen molar-refractivity contribution in [1.82, 2.24) is 10.3 Å². The number of hydrogen-bond acceptors (Lipinski definition) is 5. The lowest BCUT2D eigenvalue weighted by atomic mass is 10.3. The van der Waals surface area contributed by atoms with Gasteiger partial charge in [0.25, 0.3) is 0 Å². The molecule has 0 saturated carbocycles. The van der Waals surface area contributed by atoms with Gasteiger partial charge in [-0.15, -0.1) is 11.3 Å². The highest BCUT2D eigenvalue weighted by molar-refractivity contribution is 7.09. The first-order chi connectivity index (χ1) is 7.13. The van der Waals surface area contributed by atoms with Crippen molar-refractivity contribution in [2.45, 2.75) is 26.3 Å². The number of aryl methyl sites for hydroxylation is 1. The van der Waals surface area contributed by atoms with E-state index in [4.69, 9.17) is 0 Å². The van der Waals surface area contributed by atoms with Gasteiger partial charge in [-0.05, 0) is 13.8 Å². The predicted molar refractivity (Wildman–Crippen MR) is 60.0 cm³/mol. The lowest BCUT2D eigenvalue weighted by molar-refractivity contribution is -0.142. The molecule has 0 aliphatic heterocycles. The third-order valence-electron chi connectivity index (χ3n) is 2.05. The van der Waals surface area contributed by atoms with Crippen LogP contribution in [0.5, 0.6) is 0 Å². The first-order valence-corrected chi connectivity index (χ1v) is 5.73. The molecule has 0 amide bonds. The van der Waals surface area contributed by atoms with Crippen LogP contribution in [0.4, 0.5) is 0 Å². The zero-order chi connectivity index (χ0) is 11.3. The van der Waals surface area contributed by atoms with E-state index in [-0.39, 0.29) is 12.0 Å². The second-order valence-electron chi connectivity index (χ2n) is 3.31. The fourth-order valence-electron chi connectivity index (χ4n) is 1.20. The molecule has 84 valence electrons. The predicted octanol–water partition coefficient (Wildman–Crippen LogP) is 1.15. The van der Waals surface area contributed by atoms with Crippen molar-refractivity contribution in [1.29, 1.82) is 0 Å². The topological polar surface area (TPSA) is 51.2 Å². The van der Waals surface area contributed by atoms with Gasteiger partial charge >= 0.3 is 5.97 Å². The lowest BCUT2D eigenvalue weighted by Crippen LogP contribution is -2.36. The zero-order valence-electron chi connectivity index (χ0n) is 9.24. The Morgan fingerprint density at radius 1 is 1.73 bits per heavy atom. The summed E-state index contributed by atoms with van der Waals surface area (Å²) >= 11 is 1.64. The zero-order valence-corrected chi connectivity index (χ0v) is 10.1. The summed E-state index contributed by atoms with van der Waals surface area (Å²) in [5, 5.41) is 6.20. The van der Waals surface area contributed by atoms with Crippen LogP contribution < -0.4 is 5.32 Å². The number of rotatable bonds is 5. The Bertz CT molecular complexity index is 325. The van der Waals surface area contributed by atoms with E-state index in [0.29, 0.717) is 0 Å². The van der Waals surface area contributed by atoms with E-state index in [2.05, 4.69) is 15.0 Å². The van der Waals surface area contributed by atoms with Crippen molar-refractivity contribution in [3.05, 3.63) is 16.1 Å². The van der Waals surface area contributed by atoms with Gasteiger partial charge in [0.1, 0.15) is 6.04 Å². The van der Waals surface area contributed by atoms with Gasteiger partial charge < -0.3 is 10.1 Å². The number of hydrogen-bond donors (Lipinski definition) is 1. The molecule has 1 aromatic heterocycles. The molecule has 0 bridgehead atoms. The summed E-state index contributed by atoms with van der Waals surface area (Å²) in [5.41, 5.74) is 1.07. The summed E-state index contributed by atoms with van der Waals surface area (Å²) in [5.74, 6) is -0.232. The number of thiazole rings is 1. The van der Waals surface area contributed by atoms with E-state index in [0.717, 1.165) is 23.7 Å². The molecule has 5 heteroatoms. The molecule has 4 nitrogen and oxygen atoms in total. The van der Waals surface area contributed by atoms with Gasteiger partial charge in [0.05, 0.1) is 17.8 Å². The molecule has 1 N–H and O–H groups in total. The SMILES string of the molecule is COC(=O)C(C)NCCc1csc(C)n1. The van der Waals surface area contributed by atoms with Crippen LogP contribution >= 0.6 is 11.3 Å². The van der Waals surface area contributed by atoms with Crippen LogP contribution in [0.2, 0.25) is 0 Å². The second-order valence-corrected chi connectivity index (χ2v) is 4.37. The molecule has 0 spiro atoms. The summed E-state index contributed by atoms with van der Waals surface area (Å²) in [6.07, 6.45) is 0.839.